The van der Waals surface area contributed by atoms with Crippen LogP contribution >= 0.6 is 23.2 Å². The van der Waals surface area contributed by atoms with Crippen molar-refractivity contribution < 1.29 is 9.59 Å². The Balaban J connectivity index is 1.97. The minimum atomic E-state index is -1.06. The zero-order valence-corrected chi connectivity index (χ0v) is 13.5. The van der Waals surface area contributed by atoms with Gasteiger partial charge in [-0.15, -0.1) is 23.2 Å². The predicted molar refractivity (Wildman–Crippen MR) is 83.5 cm³/mol. The average molecular weight is 330 g/mol. The van der Waals surface area contributed by atoms with Gasteiger partial charge in [-0.05, 0) is 31.5 Å². The highest BCUT2D eigenvalue weighted by Crippen LogP contribution is 2.63. The van der Waals surface area contributed by atoms with Crippen molar-refractivity contribution in [2.45, 2.75) is 17.7 Å². The molecule has 1 fully saturated rings. The Bertz CT molecular complexity index is 589. The molecule has 5 nitrogen and oxygen atoms in total. The fourth-order valence-electron chi connectivity index (χ4n) is 1.90. The number of rotatable bonds is 3. The van der Waals surface area contributed by atoms with Crippen LogP contribution in [0.3, 0.4) is 0 Å². The third-order valence-electron chi connectivity index (χ3n) is 3.67. The van der Waals surface area contributed by atoms with Gasteiger partial charge >= 0.3 is 0 Å². The van der Waals surface area contributed by atoms with Gasteiger partial charge in [0.25, 0.3) is 5.91 Å². The molecular formula is C14H17Cl2N3O2. The number of hydrazine groups is 1. The lowest BCUT2D eigenvalue weighted by Crippen LogP contribution is -2.45. The van der Waals surface area contributed by atoms with Crippen molar-refractivity contribution in [1.29, 1.82) is 0 Å². The number of anilines is 1. The molecule has 7 heteroatoms. The molecule has 0 bridgehead atoms. The van der Waals surface area contributed by atoms with E-state index in [1.807, 2.05) is 25.1 Å². The van der Waals surface area contributed by atoms with Crippen molar-refractivity contribution in [2.75, 3.05) is 19.0 Å². The van der Waals surface area contributed by atoms with Gasteiger partial charge in [0.1, 0.15) is 4.33 Å². The smallest absolute Gasteiger partial charge is 0.269 e. The van der Waals surface area contributed by atoms with Crippen molar-refractivity contribution >= 4 is 40.7 Å². The van der Waals surface area contributed by atoms with Crippen molar-refractivity contribution in [3.05, 3.63) is 29.8 Å². The quantitative estimate of drug-likeness (QED) is 0.659. The van der Waals surface area contributed by atoms with Crippen LogP contribution in [0, 0.1) is 5.41 Å². The average Bonchev–Trinajstić information content (AvgIpc) is 2.96. The monoisotopic (exact) mass is 329 g/mol. The van der Waals surface area contributed by atoms with Crippen LogP contribution in [0.4, 0.5) is 5.69 Å². The van der Waals surface area contributed by atoms with E-state index in [9.17, 15) is 9.59 Å². The van der Waals surface area contributed by atoms with Gasteiger partial charge in [-0.1, -0.05) is 6.07 Å². The van der Waals surface area contributed by atoms with Crippen LogP contribution in [-0.4, -0.2) is 30.2 Å². The maximum absolute atomic E-state index is 12.0. The van der Waals surface area contributed by atoms with E-state index in [1.165, 1.54) is 0 Å². The molecule has 21 heavy (non-hydrogen) atoms. The standard InChI is InChI=1S/C14H17Cl2N3O2/c1-13(8-14(13,15)16)12(21)18-17-11(20)9-5-4-6-10(7-9)19(2)3/h4-7H,8H2,1-3H3,(H,17,20)(H,18,21). The Labute approximate surface area is 133 Å². The van der Waals surface area contributed by atoms with Crippen molar-refractivity contribution in [2.24, 2.45) is 5.41 Å². The van der Waals surface area contributed by atoms with Gasteiger partial charge in [0.2, 0.25) is 5.91 Å². The van der Waals surface area contributed by atoms with Crippen LogP contribution in [-0.2, 0) is 4.79 Å². The molecule has 2 rings (SSSR count). The highest BCUT2D eigenvalue weighted by Gasteiger charge is 2.68. The molecule has 114 valence electrons. The molecule has 0 saturated heterocycles. The topological polar surface area (TPSA) is 61.4 Å². The summed E-state index contributed by atoms with van der Waals surface area (Å²) in [4.78, 5) is 25.9. The number of halogens is 2. The van der Waals surface area contributed by atoms with Gasteiger partial charge < -0.3 is 4.90 Å². The molecule has 1 unspecified atom stereocenters. The molecule has 1 atom stereocenters. The van der Waals surface area contributed by atoms with E-state index in [0.717, 1.165) is 5.69 Å². The number of nitrogens with one attached hydrogen (secondary N) is 2. The Morgan fingerprint density at radius 2 is 1.86 bits per heavy atom. The highest BCUT2D eigenvalue weighted by molar-refractivity contribution is 6.53. The van der Waals surface area contributed by atoms with Gasteiger partial charge in [-0.3, -0.25) is 20.4 Å². The van der Waals surface area contributed by atoms with Crippen LogP contribution in [0.2, 0.25) is 0 Å². The van der Waals surface area contributed by atoms with Gasteiger partial charge in [0.05, 0.1) is 5.41 Å². The number of alkyl halides is 2. The van der Waals surface area contributed by atoms with Crippen molar-refractivity contribution in [3.63, 3.8) is 0 Å². The molecule has 1 saturated carbocycles. The first-order valence-corrected chi connectivity index (χ1v) is 7.19. The fourth-order valence-corrected chi connectivity index (χ4v) is 2.60. The summed E-state index contributed by atoms with van der Waals surface area (Å²) in [6.07, 6.45) is 0.362. The van der Waals surface area contributed by atoms with E-state index in [0.29, 0.717) is 12.0 Å². The lowest BCUT2D eigenvalue weighted by atomic mass is 10.1. The van der Waals surface area contributed by atoms with Gasteiger partial charge in [-0.2, -0.15) is 0 Å². The number of nitrogens with zero attached hydrogens (tertiary/aromatic N) is 1. The van der Waals surface area contributed by atoms with Crippen LogP contribution in [0.15, 0.2) is 24.3 Å². The molecule has 0 aromatic heterocycles. The molecule has 2 amide bonds. The second-order valence-electron chi connectivity index (χ2n) is 5.57. The summed E-state index contributed by atoms with van der Waals surface area (Å²) >= 11 is 11.8. The molecule has 0 heterocycles. The summed E-state index contributed by atoms with van der Waals surface area (Å²) in [5, 5.41) is 0. The lowest BCUT2D eigenvalue weighted by molar-refractivity contribution is -0.126. The molecule has 1 aliphatic carbocycles. The van der Waals surface area contributed by atoms with Crippen LogP contribution in [0.1, 0.15) is 23.7 Å². The Morgan fingerprint density at radius 3 is 2.38 bits per heavy atom. The van der Waals surface area contributed by atoms with Crippen LogP contribution < -0.4 is 15.8 Å². The first-order valence-electron chi connectivity index (χ1n) is 6.43. The van der Waals surface area contributed by atoms with E-state index in [-0.39, 0.29) is 0 Å². The van der Waals surface area contributed by atoms with Crippen molar-refractivity contribution in [1.82, 2.24) is 10.9 Å². The van der Waals surface area contributed by atoms with Gasteiger partial charge in [0, 0.05) is 25.3 Å². The van der Waals surface area contributed by atoms with E-state index in [4.69, 9.17) is 23.2 Å². The zero-order valence-electron chi connectivity index (χ0n) is 12.0. The van der Waals surface area contributed by atoms with Crippen LogP contribution in [0.5, 0.6) is 0 Å². The lowest BCUT2D eigenvalue weighted by Gasteiger charge is -2.15. The van der Waals surface area contributed by atoms with E-state index in [1.54, 1.807) is 25.1 Å². The third kappa shape index (κ3) is 3.09. The predicted octanol–water partition coefficient (Wildman–Crippen LogP) is 2.10. The maximum Gasteiger partial charge on any atom is 0.269 e. The molecule has 0 aliphatic heterocycles. The Morgan fingerprint density at radius 1 is 1.24 bits per heavy atom. The molecule has 1 aliphatic rings. The zero-order chi connectivity index (χ0) is 15.8. The molecule has 0 radical (unpaired) electrons. The second-order valence-corrected chi connectivity index (χ2v) is 7.05. The Kier molecular flexibility index (Phi) is 4.08. The van der Waals surface area contributed by atoms with E-state index in [2.05, 4.69) is 10.9 Å². The largest absolute Gasteiger partial charge is 0.378 e. The maximum atomic E-state index is 12.0. The van der Waals surface area contributed by atoms with E-state index >= 15 is 0 Å². The number of carbonyl (C=O) groups is 2. The number of hydrogen-bond donors (Lipinski definition) is 2. The SMILES string of the molecule is CN(C)c1cccc(C(=O)NNC(=O)C2(C)CC2(Cl)Cl)c1. The normalized spacial score (nSPS) is 22.3. The summed E-state index contributed by atoms with van der Waals surface area (Å²) in [6, 6.07) is 7.06. The van der Waals surface area contributed by atoms with E-state index < -0.39 is 21.6 Å². The van der Waals surface area contributed by atoms with Gasteiger partial charge in [0.15, 0.2) is 0 Å². The Hall–Kier alpha value is -1.46. The highest BCUT2D eigenvalue weighted by atomic mass is 35.5. The molecule has 1 aromatic carbocycles. The molecular weight excluding hydrogens is 313 g/mol. The summed E-state index contributed by atoms with van der Waals surface area (Å²) in [5.41, 5.74) is 5.22. The van der Waals surface area contributed by atoms with Gasteiger partial charge in [-0.25, -0.2) is 0 Å². The third-order valence-corrected chi connectivity index (χ3v) is 4.77. The number of carbonyl (C=O) groups excluding carboxylic acids is 2. The summed E-state index contributed by atoms with van der Waals surface area (Å²) < 4.78 is -1.06. The molecule has 1 aromatic rings. The molecule has 2 N–H and O–H groups in total. The van der Waals surface area contributed by atoms with Crippen molar-refractivity contribution in [3.8, 4) is 0 Å². The minimum absolute atomic E-state index is 0.362. The molecule has 0 spiro atoms. The second kappa shape index (κ2) is 5.39. The van der Waals surface area contributed by atoms with Crippen LogP contribution in [0.25, 0.3) is 0 Å². The minimum Gasteiger partial charge on any atom is -0.378 e. The first kappa shape index (κ1) is 15.9. The summed E-state index contributed by atoms with van der Waals surface area (Å²) in [7, 11) is 3.76. The summed E-state index contributed by atoms with van der Waals surface area (Å²) in [5.74, 6) is -0.796. The summed E-state index contributed by atoms with van der Waals surface area (Å²) in [6.45, 7) is 1.65. The number of amides is 2. The number of hydrogen-bond acceptors (Lipinski definition) is 3. The first-order chi connectivity index (χ1) is 9.67. The fraction of sp³-hybridized carbons (Fsp3) is 0.429. The number of benzene rings is 1.